The summed E-state index contributed by atoms with van der Waals surface area (Å²) in [6, 6.07) is 20.7. The molecule has 0 aromatic heterocycles. The van der Waals surface area contributed by atoms with Gasteiger partial charge in [0.05, 0.1) is 12.6 Å². The monoisotopic (exact) mass is 277 g/mol. The molecule has 0 aliphatic carbocycles. The van der Waals surface area contributed by atoms with Crippen LogP contribution in [0.5, 0.6) is 0 Å². The molecule has 0 saturated heterocycles. The first-order valence-electron chi connectivity index (χ1n) is 7.24. The van der Waals surface area contributed by atoms with Crippen molar-refractivity contribution in [2.45, 2.75) is 24.9 Å². The van der Waals surface area contributed by atoms with Gasteiger partial charge < -0.3 is 10.6 Å². The fourth-order valence-corrected chi connectivity index (χ4v) is 3.07. The third kappa shape index (κ3) is 2.39. The van der Waals surface area contributed by atoms with Gasteiger partial charge in [0.15, 0.2) is 0 Å². The molecule has 0 radical (unpaired) electrons. The van der Waals surface area contributed by atoms with Gasteiger partial charge in [0, 0.05) is 11.7 Å². The number of hydrogen-bond donors (Lipinski definition) is 1. The van der Waals surface area contributed by atoms with E-state index in [4.69, 9.17) is 5.73 Å². The van der Waals surface area contributed by atoms with Gasteiger partial charge in [0.1, 0.15) is 5.54 Å². The maximum absolute atomic E-state index is 9.63. The summed E-state index contributed by atoms with van der Waals surface area (Å²) in [5, 5.41) is 9.63. The lowest BCUT2D eigenvalue weighted by molar-refractivity contribution is 0.527. The molecule has 0 amide bonds. The van der Waals surface area contributed by atoms with E-state index in [0.717, 1.165) is 12.0 Å². The molecule has 21 heavy (non-hydrogen) atoms. The number of benzene rings is 2. The molecule has 0 saturated carbocycles. The van der Waals surface area contributed by atoms with E-state index in [1.54, 1.807) is 0 Å². The standard InChI is InChI=1S/C18H19N3/c1-14-11-15-7-5-6-10-17(15)21(14)13-18(20,12-19)16-8-3-2-4-9-16/h2-10,14H,11,13,20H2,1H3. The van der Waals surface area contributed by atoms with Crippen molar-refractivity contribution in [1.29, 1.82) is 5.26 Å². The summed E-state index contributed by atoms with van der Waals surface area (Å²) < 4.78 is 0. The molecule has 2 N–H and O–H groups in total. The van der Waals surface area contributed by atoms with Crippen LogP contribution in [0.15, 0.2) is 54.6 Å². The number of hydrogen-bond acceptors (Lipinski definition) is 3. The first kappa shape index (κ1) is 13.7. The minimum absolute atomic E-state index is 0.363. The Morgan fingerprint density at radius 2 is 1.86 bits per heavy atom. The highest BCUT2D eigenvalue weighted by Crippen LogP contribution is 2.34. The molecule has 2 unspecified atom stereocenters. The van der Waals surface area contributed by atoms with Crippen LogP contribution in [0.2, 0.25) is 0 Å². The van der Waals surface area contributed by atoms with E-state index >= 15 is 0 Å². The largest absolute Gasteiger partial charge is 0.365 e. The third-order valence-corrected chi connectivity index (χ3v) is 4.26. The van der Waals surface area contributed by atoms with Crippen LogP contribution in [0.1, 0.15) is 18.1 Å². The summed E-state index contributed by atoms with van der Waals surface area (Å²) in [5.41, 5.74) is 8.82. The predicted octanol–water partition coefficient (Wildman–Crippen LogP) is 2.82. The molecule has 3 heteroatoms. The fraction of sp³-hybridized carbons (Fsp3) is 0.278. The van der Waals surface area contributed by atoms with Crippen LogP contribution in [0.25, 0.3) is 0 Å². The highest BCUT2D eigenvalue weighted by Gasteiger charge is 2.35. The maximum atomic E-state index is 9.63. The average Bonchev–Trinajstić information content (AvgIpc) is 2.84. The van der Waals surface area contributed by atoms with E-state index in [1.807, 2.05) is 36.4 Å². The van der Waals surface area contributed by atoms with Gasteiger partial charge in [0.25, 0.3) is 0 Å². The zero-order chi connectivity index (χ0) is 14.9. The van der Waals surface area contributed by atoms with Gasteiger partial charge >= 0.3 is 0 Å². The number of nitriles is 1. The second kappa shape index (κ2) is 5.23. The molecule has 2 aromatic rings. The van der Waals surface area contributed by atoms with Crippen LogP contribution in [-0.2, 0) is 12.0 Å². The van der Waals surface area contributed by atoms with Crippen molar-refractivity contribution in [2.24, 2.45) is 5.73 Å². The smallest absolute Gasteiger partial charge is 0.147 e. The second-order valence-electron chi connectivity index (χ2n) is 5.76. The van der Waals surface area contributed by atoms with Crippen LogP contribution in [0.4, 0.5) is 5.69 Å². The predicted molar refractivity (Wildman–Crippen MR) is 84.9 cm³/mol. The Labute approximate surface area is 125 Å². The average molecular weight is 277 g/mol. The molecule has 1 aliphatic heterocycles. The van der Waals surface area contributed by atoms with E-state index in [2.05, 4.69) is 36.1 Å². The maximum Gasteiger partial charge on any atom is 0.147 e. The van der Waals surface area contributed by atoms with Gasteiger partial charge in [-0.15, -0.1) is 0 Å². The van der Waals surface area contributed by atoms with Crippen LogP contribution in [-0.4, -0.2) is 12.6 Å². The fourth-order valence-electron chi connectivity index (χ4n) is 3.07. The number of para-hydroxylation sites is 1. The van der Waals surface area contributed by atoms with Gasteiger partial charge in [-0.3, -0.25) is 0 Å². The number of nitrogens with zero attached hydrogens (tertiary/aromatic N) is 2. The Bertz CT molecular complexity index is 674. The molecule has 1 heterocycles. The number of rotatable bonds is 3. The Kier molecular flexibility index (Phi) is 3.40. The summed E-state index contributed by atoms with van der Waals surface area (Å²) in [5.74, 6) is 0. The Balaban J connectivity index is 1.94. The Hall–Kier alpha value is -2.31. The summed E-state index contributed by atoms with van der Waals surface area (Å²) >= 11 is 0. The van der Waals surface area contributed by atoms with Gasteiger partial charge in [-0.2, -0.15) is 5.26 Å². The molecular weight excluding hydrogens is 258 g/mol. The van der Waals surface area contributed by atoms with E-state index in [-0.39, 0.29) is 0 Å². The summed E-state index contributed by atoms with van der Waals surface area (Å²) in [6.07, 6.45) is 1.01. The van der Waals surface area contributed by atoms with E-state index < -0.39 is 5.54 Å². The molecule has 106 valence electrons. The Morgan fingerprint density at radius 1 is 1.19 bits per heavy atom. The van der Waals surface area contributed by atoms with Gasteiger partial charge in [-0.1, -0.05) is 48.5 Å². The van der Waals surface area contributed by atoms with Crippen molar-refractivity contribution in [3.63, 3.8) is 0 Å². The molecule has 0 spiro atoms. The van der Waals surface area contributed by atoms with Crippen LogP contribution >= 0.6 is 0 Å². The van der Waals surface area contributed by atoms with Crippen LogP contribution in [0, 0.1) is 11.3 Å². The summed E-state index contributed by atoms with van der Waals surface area (Å²) in [4.78, 5) is 2.26. The van der Waals surface area contributed by atoms with Crippen LogP contribution in [0.3, 0.4) is 0 Å². The van der Waals surface area contributed by atoms with Crippen molar-refractivity contribution in [3.05, 3.63) is 65.7 Å². The third-order valence-electron chi connectivity index (χ3n) is 4.26. The zero-order valence-corrected chi connectivity index (χ0v) is 12.2. The summed E-state index contributed by atoms with van der Waals surface area (Å²) in [6.45, 7) is 2.69. The normalized spacial score (nSPS) is 19.7. The first-order chi connectivity index (χ1) is 10.1. The van der Waals surface area contributed by atoms with Gasteiger partial charge in [-0.25, -0.2) is 0 Å². The topological polar surface area (TPSA) is 53.0 Å². The molecule has 3 nitrogen and oxygen atoms in total. The van der Waals surface area contributed by atoms with Gasteiger partial charge in [-0.05, 0) is 30.5 Å². The minimum Gasteiger partial charge on any atom is -0.365 e. The van der Waals surface area contributed by atoms with Gasteiger partial charge in [0.2, 0.25) is 0 Å². The molecule has 1 aliphatic rings. The van der Waals surface area contributed by atoms with Crippen molar-refractivity contribution in [3.8, 4) is 6.07 Å². The quantitative estimate of drug-likeness (QED) is 0.938. The second-order valence-corrected chi connectivity index (χ2v) is 5.76. The lowest BCUT2D eigenvalue weighted by Gasteiger charge is -2.32. The molecule has 2 atom stereocenters. The summed E-state index contributed by atoms with van der Waals surface area (Å²) in [7, 11) is 0. The van der Waals surface area contributed by atoms with Crippen LogP contribution < -0.4 is 10.6 Å². The highest BCUT2D eigenvalue weighted by atomic mass is 15.2. The van der Waals surface area contributed by atoms with E-state index in [9.17, 15) is 5.26 Å². The van der Waals surface area contributed by atoms with E-state index in [1.165, 1.54) is 11.3 Å². The molecular formula is C18H19N3. The van der Waals surface area contributed by atoms with Crippen molar-refractivity contribution in [2.75, 3.05) is 11.4 Å². The van der Waals surface area contributed by atoms with Crippen molar-refractivity contribution in [1.82, 2.24) is 0 Å². The SMILES string of the molecule is CC1Cc2ccccc2N1CC(N)(C#N)c1ccccc1. The number of fused-ring (bicyclic) bond motifs is 1. The minimum atomic E-state index is -0.993. The zero-order valence-electron chi connectivity index (χ0n) is 12.2. The molecule has 3 rings (SSSR count). The molecule has 2 aromatic carbocycles. The lowest BCUT2D eigenvalue weighted by Crippen LogP contribution is -2.48. The van der Waals surface area contributed by atoms with Crippen molar-refractivity contribution >= 4 is 5.69 Å². The molecule has 0 bridgehead atoms. The number of anilines is 1. The van der Waals surface area contributed by atoms with Crippen molar-refractivity contribution < 1.29 is 0 Å². The Morgan fingerprint density at radius 3 is 2.57 bits per heavy atom. The lowest BCUT2D eigenvalue weighted by atomic mass is 9.91. The first-order valence-corrected chi connectivity index (χ1v) is 7.24. The highest BCUT2D eigenvalue weighted by molar-refractivity contribution is 5.60. The van der Waals surface area contributed by atoms with E-state index in [0.29, 0.717) is 12.6 Å². The molecule has 0 fully saturated rings. The number of nitrogens with two attached hydrogens (primary N) is 1.